The summed E-state index contributed by atoms with van der Waals surface area (Å²) in [6, 6.07) is -0.431. The Morgan fingerprint density at radius 1 is 1.26 bits per heavy atom. The fourth-order valence-electron chi connectivity index (χ4n) is 2.49. The van der Waals surface area contributed by atoms with E-state index < -0.39 is 24.0 Å². The number of ether oxygens (including phenoxy) is 3. The van der Waals surface area contributed by atoms with E-state index in [1.54, 1.807) is 9.58 Å². The third kappa shape index (κ3) is 5.81. The number of hydrogen-bond donors (Lipinski definition) is 2. The van der Waals surface area contributed by atoms with Crippen molar-refractivity contribution in [2.45, 2.75) is 45.8 Å². The largest absolute Gasteiger partial charge is 0.444 e. The highest BCUT2D eigenvalue weighted by Crippen LogP contribution is 2.29. The van der Waals surface area contributed by atoms with Crippen LogP contribution < -0.4 is 10.6 Å². The van der Waals surface area contributed by atoms with Gasteiger partial charge < -0.3 is 29.7 Å². The number of anilines is 1. The Morgan fingerprint density at radius 3 is 2.52 bits per heavy atom. The number of fused-ring (bicyclic) bond motifs is 1. The van der Waals surface area contributed by atoms with Gasteiger partial charge in [-0.3, -0.25) is 4.68 Å². The molecule has 0 radical (unpaired) electrons. The van der Waals surface area contributed by atoms with Crippen molar-refractivity contribution in [1.29, 1.82) is 0 Å². The van der Waals surface area contributed by atoms with Crippen LogP contribution in [-0.2, 0) is 27.3 Å². The summed E-state index contributed by atoms with van der Waals surface area (Å²) >= 11 is 3.36. The second-order valence-electron chi connectivity index (χ2n) is 6.97. The van der Waals surface area contributed by atoms with Crippen molar-refractivity contribution < 1.29 is 23.8 Å². The minimum absolute atomic E-state index is 0.184. The summed E-state index contributed by atoms with van der Waals surface area (Å²) in [4.78, 5) is 26.1. The standard InChI is InChI=1S/C16H26BrN5O5/c1-16(2,3)27-15(24)21-6-7-22-10(9-21)12(13(17)20-22)19-14(23)18-8-11(25-4)26-5/h11H,6-9H2,1-5H3,(H2,18,19,23). The maximum atomic E-state index is 12.3. The van der Waals surface area contributed by atoms with Gasteiger partial charge in [-0.1, -0.05) is 0 Å². The Balaban J connectivity index is 2.05. The van der Waals surface area contributed by atoms with Crippen molar-refractivity contribution in [2.24, 2.45) is 0 Å². The van der Waals surface area contributed by atoms with Gasteiger partial charge in [0, 0.05) is 20.8 Å². The van der Waals surface area contributed by atoms with Crippen LogP contribution in [-0.4, -0.2) is 66.0 Å². The third-order valence-electron chi connectivity index (χ3n) is 3.78. The summed E-state index contributed by atoms with van der Waals surface area (Å²) in [7, 11) is 2.98. The lowest BCUT2D eigenvalue weighted by molar-refractivity contribution is -0.0970. The average Bonchev–Trinajstić information content (AvgIpc) is 2.89. The van der Waals surface area contributed by atoms with Crippen LogP contribution in [0, 0.1) is 0 Å². The topological polar surface area (TPSA) is 107 Å². The van der Waals surface area contributed by atoms with Gasteiger partial charge in [-0.15, -0.1) is 0 Å². The molecule has 1 aromatic rings. The highest BCUT2D eigenvalue weighted by molar-refractivity contribution is 9.10. The molecule has 0 saturated heterocycles. The van der Waals surface area contributed by atoms with Crippen molar-refractivity contribution >= 4 is 33.7 Å². The van der Waals surface area contributed by atoms with Crippen LogP contribution in [0.15, 0.2) is 4.60 Å². The van der Waals surface area contributed by atoms with E-state index in [0.29, 0.717) is 29.1 Å². The van der Waals surface area contributed by atoms with E-state index in [9.17, 15) is 9.59 Å². The number of rotatable bonds is 5. The van der Waals surface area contributed by atoms with Crippen molar-refractivity contribution in [2.75, 3.05) is 32.6 Å². The molecule has 0 aliphatic carbocycles. The second kappa shape index (κ2) is 8.89. The lowest BCUT2D eigenvalue weighted by Gasteiger charge is -2.30. The third-order valence-corrected chi connectivity index (χ3v) is 4.34. The molecule has 0 atom stereocenters. The summed E-state index contributed by atoms with van der Waals surface area (Å²) in [6.07, 6.45) is -0.938. The SMILES string of the molecule is COC(CNC(=O)Nc1c(Br)nn2c1CN(C(=O)OC(C)(C)C)CC2)OC. The lowest BCUT2D eigenvalue weighted by Crippen LogP contribution is -2.42. The van der Waals surface area contributed by atoms with Gasteiger partial charge in [-0.25, -0.2) is 9.59 Å². The number of aromatic nitrogens is 2. The highest BCUT2D eigenvalue weighted by Gasteiger charge is 2.29. The Kier molecular flexibility index (Phi) is 7.06. The smallest absolute Gasteiger partial charge is 0.410 e. The van der Waals surface area contributed by atoms with Gasteiger partial charge in [-0.2, -0.15) is 5.10 Å². The van der Waals surface area contributed by atoms with Gasteiger partial charge >= 0.3 is 12.1 Å². The number of carbonyl (C=O) groups excluding carboxylic acids is 2. The van der Waals surface area contributed by atoms with Crippen molar-refractivity contribution in [3.05, 3.63) is 10.3 Å². The van der Waals surface area contributed by atoms with Gasteiger partial charge in [0.05, 0.1) is 25.3 Å². The number of nitrogens with one attached hydrogen (secondary N) is 2. The molecule has 0 fully saturated rings. The molecule has 1 aliphatic rings. The predicted octanol–water partition coefficient (Wildman–Crippen LogP) is 2.14. The van der Waals surface area contributed by atoms with Crippen molar-refractivity contribution in [1.82, 2.24) is 20.0 Å². The molecule has 0 bridgehead atoms. The Hall–Kier alpha value is -1.85. The van der Waals surface area contributed by atoms with Crippen LogP contribution in [0.5, 0.6) is 0 Å². The molecule has 11 heteroatoms. The van der Waals surface area contributed by atoms with Crippen LogP contribution in [0.25, 0.3) is 0 Å². The van der Waals surface area contributed by atoms with Gasteiger partial charge in [-0.05, 0) is 36.7 Å². The van der Waals surface area contributed by atoms with Gasteiger partial charge in [0.15, 0.2) is 10.9 Å². The first kappa shape index (κ1) is 21.5. The molecular formula is C16H26BrN5O5. The van der Waals surface area contributed by atoms with Gasteiger partial charge in [0.2, 0.25) is 0 Å². The molecule has 0 saturated carbocycles. The zero-order chi connectivity index (χ0) is 20.2. The summed E-state index contributed by atoms with van der Waals surface area (Å²) in [5, 5.41) is 9.78. The van der Waals surface area contributed by atoms with E-state index >= 15 is 0 Å². The van der Waals surface area contributed by atoms with E-state index in [4.69, 9.17) is 14.2 Å². The van der Waals surface area contributed by atoms with E-state index in [1.807, 2.05) is 20.8 Å². The first-order valence-electron chi connectivity index (χ1n) is 8.48. The summed E-state index contributed by atoms with van der Waals surface area (Å²) in [5.74, 6) is 0. The molecule has 3 amide bonds. The van der Waals surface area contributed by atoms with Crippen LogP contribution >= 0.6 is 15.9 Å². The van der Waals surface area contributed by atoms with E-state index in [1.165, 1.54) is 14.2 Å². The Morgan fingerprint density at radius 2 is 1.93 bits per heavy atom. The molecule has 2 rings (SSSR count). The maximum absolute atomic E-state index is 12.3. The second-order valence-corrected chi connectivity index (χ2v) is 7.72. The summed E-state index contributed by atoms with van der Waals surface area (Å²) in [6.45, 7) is 6.91. The number of halogens is 1. The summed E-state index contributed by atoms with van der Waals surface area (Å²) < 4.78 is 17.7. The number of nitrogens with zero attached hydrogens (tertiary/aromatic N) is 3. The molecule has 1 aromatic heterocycles. The molecule has 0 spiro atoms. The fourth-order valence-corrected chi connectivity index (χ4v) is 3.01. The van der Waals surface area contributed by atoms with E-state index in [0.717, 1.165) is 0 Å². The fraction of sp³-hybridized carbons (Fsp3) is 0.688. The van der Waals surface area contributed by atoms with Crippen LogP contribution in [0.1, 0.15) is 26.5 Å². The average molecular weight is 448 g/mol. The van der Waals surface area contributed by atoms with Crippen LogP contribution in [0.2, 0.25) is 0 Å². The van der Waals surface area contributed by atoms with Crippen LogP contribution in [0.4, 0.5) is 15.3 Å². The number of amides is 3. The summed E-state index contributed by atoms with van der Waals surface area (Å²) in [5.41, 5.74) is 0.645. The normalized spacial score (nSPS) is 14.1. The monoisotopic (exact) mass is 447 g/mol. The van der Waals surface area contributed by atoms with Crippen molar-refractivity contribution in [3.8, 4) is 0 Å². The van der Waals surface area contributed by atoms with E-state index in [2.05, 4.69) is 31.7 Å². The molecule has 0 unspecified atom stereocenters. The van der Waals surface area contributed by atoms with Gasteiger partial charge in [0.1, 0.15) is 11.3 Å². The van der Waals surface area contributed by atoms with Crippen molar-refractivity contribution in [3.63, 3.8) is 0 Å². The Bertz CT molecular complexity index is 683. The zero-order valence-corrected chi connectivity index (χ0v) is 17.8. The predicted molar refractivity (Wildman–Crippen MR) is 101 cm³/mol. The quantitative estimate of drug-likeness (QED) is 0.669. The number of urea groups is 1. The molecule has 152 valence electrons. The van der Waals surface area contributed by atoms with E-state index in [-0.39, 0.29) is 13.1 Å². The Labute approximate surface area is 166 Å². The first-order chi connectivity index (χ1) is 12.6. The minimum Gasteiger partial charge on any atom is -0.444 e. The number of methoxy groups -OCH3 is 2. The maximum Gasteiger partial charge on any atom is 0.410 e. The number of carbonyl (C=O) groups is 2. The first-order valence-corrected chi connectivity index (χ1v) is 9.27. The molecular weight excluding hydrogens is 422 g/mol. The van der Waals surface area contributed by atoms with Crippen LogP contribution in [0.3, 0.4) is 0 Å². The highest BCUT2D eigenvalue weighted by atomic mass is 79.9. The van der Waals surface area contributed by atoms with Gasteiger partial charge in [0.25, 0.3) is 0 Å². The molecule has 27 heavy (non-hydrogen) atoms. The molecule has 1 aliphatic heterocycles. The lowest BCUT2D eigenvalue weighted by atomic mass is 10.2. The molecule has 10 nitrogen and oxygen atoms in total. The molecule has 2 N–H and O–H groups in total. The zero-order valence-electron chi connectivity index (χ0n) is 16.2. The minimum atomic E-state index is -0.574. The molecule has 2 heterocycles. The number of hydrogen-bond acceptors (Lipinski definition) is 6. The molecule has 0 aromatic carbocycles.